The van der Waals surface area contributed by atoms with E-state index in [0.717, 1.165) is 18.4 Å². The quantitative estimate of drug-likeness (QED) is 0.566. The van der Waals surface area contributed by atoms with Crippen molar-refractivity contribution >= 4 is 0 Å². The molecule has 0 aromatic rings. The van der Waals surface area contributed by atoms with Crippen LogP contribution in [0.5, 0.6) is 0 Å². The van der Waals surface area contributed by atoms with Crippen molar-refractivity contribution in [3.8, 4) is 0 Å². The summed E-state index contributed by atoms with van der Waals surface area (Å²) in [5.41, 5.74) is 0.145. The minimum Gasteiger partial charge on any atom is -0.382 e. The molecule has 1 heterocycles. The van der Waals surface area contributed by atoms with Crippen molar-refractivity contribution < 1.29 is 9.84 Å². The SMILES string of the molecule is C=C1CO[C@H]2[C@H]3CCC=C[C@H]3[C@@]12O. The molecule has 4 atom stereocenters. The topological polar surface area (TPSA) is 29.5 Å². The van der Waals surface area contributed by atoms with Gasteiger partial charge in [-0.25, -0.2) is 0 Å². The average molecular weight is 178 g/mol. The molecule has 2 fully saturated rings. The van der Waals surface area contributed by atoms with Gasteiger partial charge < -0.3 is 9.84 Å². The summed E-state index contributed by atoms with van der Waals surface area (Å²) < 4.78 is 5.55. The van der Waals surface area contributed by atoms with E-state index in [1.165, 1.54) is 0 Å². The minimum absolute atomic E-state index is 0.0370. The Balaban J connectivity index is 1.99. The molecule has 13 heavy (non-hydrogen) atoms. The molecule has 1 saturated heterocycles. The standard InChI is InChI=1S/C11H14O2/c1-7-6-13-10-8-4-2-3-5-9(8)11(7,10)12/h3,5,8-10,12H,1-2,4,6H2/t8-,9+,10-,11-/m0/s1. The Labute approximate surface area is 77.9 Å². The molecule has 0 amide bonds. The Morgan fingerprint density at radius 2 is 2.46 bits per heavy atom. The highest BCUT2D eigenvalue weighted by atomic mass is 16.5. The monoisotopic (exact) mass is 178 g/mol. The van der Waals surface area contributed by atoms with Gasteiger partial charge >= 0.3 is 0 Å². The molecule has 0 aromatic heterocycles. The first-order valence-electron chi connectivity index (χ1n) is 4.93. The zero-order valence-corrected chi connectivity index (χ0v) is 7.57. The summed E-state index contributed by atoms with van der Waals surface area (Å²) >= 11 is 0. The van der Waals surface area contributed by atoms with E-state index in [0.29, 0.717) is 12.5 Å². The van der Waals surface area contributed by atoms with E-state index in [4.69, 9.17) is 4.74 Å². The molecule has 1 saturated carbocycles. The van der Waals surface area contributed by atoms with Crippen molar-refractivity contribution in [3.05, 3.63) is 24.3 Å². The fourth-order valence-corrected chi connectivity index (χ4v) is 3.06. The van der Waals surface area contributed by atoms with Crippen molar-refractivity contribution in [3.63, 3.8) is 0 Å². The van der Waals surface area contributed by atoms with E-state index in [1.807, 2.05) is 0 Å². The van der Waals surface area contributed by atoms with Crippen molar-refractivity contribution in [2.45, 2.75) is 24.5 Å². The van der Waals surface area contributed by atoms with Crippen molar-refractivity contribution in [2.75, 3.05) is 6.61 Å². The van der Waals surface area contributed by atoms with Gasteiger partial charge in [-0.15, -0.1) is 0 Å². The number of fused-ring (bicyclic) bond motifs is 4. The van der Waals surface area contributed by atoms with E-state index < -0.39 is 5.60 Å². The van der Waals surface area contributed by atoms with Crippen molar-refractivity contribution in [1.82, 2.24) is 0 Å². The molecule has 2 aliphatic carbocycles. The van der Waals surface area contributed by atoms with Gasteiger partial charge in [0.2, 0.25) is 0 Å². The van der Waals surface area contributed by atoms with Gasteiger partial charge in [0.1, 0.15) is 5.60 Å². The fraction of sp³-hybridized carbons (Fsp3) is 0.636. The molecular formula is C11H14O2. The second-order valence-electron chi connectivity index (χ2n) is 4.36. The second-order valence-corrected chi connectivity index (χ2v) is 4.36. The maximum atomic E-state index is 10.3. The van der Waals surface area contributed by atoms with E-state index in [2.05, 4.69) is 18.7 Å². The summed E-state index contributed by atoms with van der Waals surface area (Å²) in [6.45, 7) is 4.43. The molecule has 1 N–H and O–H groups in total. The summed E-state index contributed by atoms with van der Waals surface area (Å²) in [7, 11) is 0. The predicted octanol–water partition coefficient (Wildman–Crippen LogP) is 1.27. The van der Waals surface area contributed by atoms with Crippen LogP contribution in [0.2, 0.25) is 0 Å². The van der Waals surface area contributed by atoms with Crippen LogP contribution in [-0.2, 0) is 4.74 Å². The Morgan fingerprint density at radius 3 is 3.31 bits per heavy atom. The zero-order chi connectivity index (χ0) is 9.05. The summed E-state index contributed by atoms with van der Waals surface area (Å²) in [5.74, 6) is 0.815. The largest absolute Gasteiger partial charge is 0.382 e. The first-order chi connectivity index (χ1) is 6.24. The Kier molecular flexibility index (Phi) is 1.35. The molecule has 0 spiro atoms. The molecule has 0 radical (unpaired) electrons. The minimum atomic E-state index is -0.721. The predicted molar refractivity (Wildman–Crippen MR) is 49.2 cm³/mol. The van der Waals surface area contributed by atoms with Crippen LogP contribution in [0, 0.1) is 11.8 Å². The molecule has 1 aliphatic heterocycles. The van der Waals surface area contributed by atoms with Gasteiger partial charge in [0.15, 0.2) is 0 Å². The Morgan fingerprint density at radius 1 is 1.62 bits per heavy atom. The fourth-order valence-electron chi connectivity index (χ4n) is 3.06. The van der Waals surface area contributed by atoms with Gasteiger partial charge in [-0.1, -0.05) is 18.7 Å². The van der Waals surface area contributed by atoms with Gasteiger partial charge in [0.25, 0.3) is 0 Å². The highest BCUT2D eigenvalue weighted by Gasteiger charge is 2.65. The third kappa shape index (κ3) is 0.720. The summed E-state index contributed by atoms with van der Waals surface area (Å²) in [6.07, 6.45) is 6.63. The molecule has 2 heteroatoms. The van der Waals surface area contributed by atoms with Gasteiger partial charge in [0.05, 0.1) is 12.7 Å². The van der Waals surface area contributed by atoms with E-state index in [1.54, 1.807) is 0 Å². The average Bonchev–Trinajstić information content (AvgIpc) is 2.39. The van der Waals surface area contributed by atoms with Crippen molar-refractivity contribution in [1.29, 1.82) is 0 Å². The molecule has 0 aromatic carbocycles. The van der Waals surface area contributed by atoms with Crippen LogP contribution in [0.1, 0.15) is 12.8 Å². The van der Waals surface area contributed by atoms with Crippen LogP contribution in [0.4, 0.5) is 0 Å². The van der Waals surface area contributed by atoms with Gasteiger partial charge in [-0.05, 0) is 24.3 Å². The highest BCUT2D eigenvalue weighted by Crippen LogP contribution is 2.57. The first kappa shape index (κ1) is 7.77. The lowest BCUT2D eigenvalue weighted by Crippen LogP contribution is -2.64. The maximum Gasteiger partial charge on any atom is 0.120 e. The highest BCUT2D eigenvalue weighted by molar-refractivity contribution is 5.35. The van der Waals surface area contributed by atoms with E-state index in [-0.39, 0.29) is 12.0 Å². The molecule has 70 valence electrons. The van der Waals surface area contributed by atoms with E-state index in [9.17, 15) is 5.11 Å². The molecular weight excluding hydrogens is 164 g/mol. The summed E-state index contributed by atoms with van der Waals surface area (Å²) in [4.78, 5) is 0. The van der Waals surface area contributed by atoms with Crippen LogP contribution >= 0.6 is 0 Å². The second kappa shape index (κ2) is 2.25. The smallest absolute Gasteiger partial charge is 0.120 e. The van der Waals surface area contributed by atoms with Crippen LogP contribution in [0.15, 0.2) is 24.3 Å². The molecule has 3 aliphatic rings. The number of rotatable bonds is 0. The van der Waals surface area contributed by atoms with Crippen LogP contribution < -0.4 is 0 Å². The van der Waals surface area contributed by atoms with E-state index >= 15 is 0 Å². The summed E-state index contributed by atoms with van der Waals surface area (Å²) in [6, 6.07) is 0. The van der Waals surface area contributed by atoms with Gasteiger partial charge in [-0.2, -0.15) is 0 Å². The maximum absolute atomic E-state index is 10.3. The Bertz CT molecular complexity index is 294. The van der Waals surface area contributed by atoms with Crippen LogP contribution in [0.25, 0.3) is 0 Å². The number of hydrogen-bond donors (Lipinski definition) is 1. The lowest BCUT2D eigenvalue weighted by atomic mass is 9.54. The van der Waals surface area contributed by atoms with Gasteiger partial charge in [-0.3, -0.25) is 0 Å². The molecule has 3 rings (SSSR count). The third-order valence-corrected chi connectivity index (χ3v) is 3.81. The lowest BCUT2D eigenvalue weighted by Gasteiger charge is -2.54. The van der Waals surface area contributed by atoms with Crippen LogP contribution in [0.3, 0.4) is 0 Å². The third-order valence-electron chi connectivity index (χ3n) is 3.81. The summed E-state index contributed by atoms with van der Waals surface area (Å²) in [5, 5.41) is 10.3. The van der Waals surface area contributed by atoms with Crippen LogP contribution in [-0.4, -0.2) is 23.4 Å². The Hall–Kier alpha value is -0.600. The number of allylic oxidation sites excluding steroid dienone is 1. The number of aliphatic hydroxyl groups is 1. The van der Waals surface area contributed by atoms with Crippen molar-refractivity contribution in [2.24, 2.45) is 11.8 Å². The normalized spacial score (nSPS) is 52.7. The van der Waals surface area contributed by atoms with Gasteiger partial charge in [0, 0.05) is 5.92 Å². The number of ether oxygens (including phenoxy) is 1. The molecule has 0 unspecified atom stereocenters. The zero-order valence-electron chi connectivity index (χ0n) is 7.57. The first-order valence-corrected chi connectivity index (χ1v) is 4.93. The molecule has 0 bridgehead atoms. The number of hydrogen-bond acceptors (Lipinski definition) is 2. The lowest BCUT2D eigenvalue weighted by molar-refractivity contribution is -0.179. The molecule has 2 nitrogen and oxygen atoms in total.